The van der Waals surface area contributed by atoms with Crippen molar-refractivity contribution in [1.29, 1.82) is 0 Å². The minimum absolute atomic E-state index is 0.600. The lowest BCUT2D eigenvalue weighted by atomic mass is 10.1. The van der Waals surface area contributed by atoms with Crippen LogP contribution in [0.15, 0.2) is 53.5 Å². The normalized spacial score (nSPS) is 16.6. The third-order valence-electron chi connectivity index (χ3n) is 3.75. The Morgan fingerprint density at radius 1 is 1.14 bits per heavy atom. The fourth-order valence-electron chi connectivity index (χ4n) is 2.82. The van der Waals surface area contributed by atoms with Crippen molar-refractivity contribution in [2.24, 2.45) is 4.99 Å². The summed E-state index contributed by atoms with van der Waals surface area (Å²) in [7, 11) is 0. The first-order chi connectivity index (χ1) is 10.3. The summed E-state index contributed by atoms with van der Waals surface area (Å²) in [6.07, 6.45) is 0. The maximum absolute atomic E-state index is 12.8. The minimum atomic E-state index is 0.600. The molecule has 2 aliphatic rings. The maximum atomic E-state index is 12.8. The Hall–Kier alpha value is -2.33. The van der Waals surface area contributed by atoms with Crippen LogP contribution in [0, 0.1) is 5.21 Å². The number of amidine groups is 1. The molecular formula is C16H12ClN3O. The molecule has 0 aliphatic carbocycles. The van der Waals surface area contributed by atoms with Crippen LogP contribution in [0.25, 0.3) is 0 Å². The van der Waals surface area contributed by atoms with Gasteiger partial charge in [-0.05, 0) is 24.3 Å². The number of rotatable bonds is 1. The first kappa shape index (κ1) is 12.4. The molecule has 0 saturated carbocycles. The van der Waals surface area contributed by atoms with E-state index in [9.17, 15) is 5.21 Å². The topological polar surface area (TPSA) is 41.7 Å². The number of aliphatic imine (C=N–C) groups is 1. The van der Waals surface area contributed by atoms with E-state index in [0.29, 0.717) is 23.0 Å². The SMILES string of the molecule is [O-][N+]1=C(c2ccccc2)C2=NCCN2c2cc(Cl)ccc21. The average Bonchev–Trinajstić information content (AvgIpc) is 2.98. The second-order valence-corrected chi connectivity index (χ2v) is 5.44. The van der Waals surface area contributed by atoms with Crippen molar-refractivity contribution in [2.75, 3.05) is 18.0 Å². The van der Waals surface area contributed by atoms with E-state index in [-0.39, 0.29) is 0 Å². The summed E-state index contributed by atoms with van der Waals surface area (Å²) in [5, 5.41) is 13.4. The molecule has 0 amide bonds. The lowest BCUT2D eigenvalue weighted by molar-refractivity contribution is -0.358. The molecule has 0 unspecified atom stereocenters. The van der Waals surface area contributed by atoms with Gasteiger partial charge < -0.3 is 10.1 Å². The first-order valence-electron chi connectivity index (χ1n) is 6.77. The predicted molar refractivity (Wildman–Crippen MR) is 84.9 cm³/mol. The average molecular weight is 298 g/mol. The monoisotopic (exact) mass is 297 g/mol. The molecule has 2 heterocycles. The molecule has 0 aromatic heterocycles. The van der Waals surface area contributed by atoms with E-state index in [1.807, 2.05) is 36.4 Å². The molecule has 0 saturated heterocycles. The zero-order valence-electron chi connectivity index (χ0n) is 11.2. The fraction of sp³-hybridized carbons (Fsp3) is 0.125. The van der Waals surface area contributed by atoms with Crippen LogP contribution in [0.4, 0.5) is 11.4 Å². The van der Waals surface area contributed by atoms with Gasteiger partial charge in [0, 0.05) is 17.6 Å². The van der Waals surface area contributed by atoms with Gasteiger partial charge in [-0.2, -0.15) is 4.74 Å². The first-order valence-corrected chi connectivity index (χ1v) is 7.15. The van der Waals surface area contributed by atoms with Gasteiger partial charge in [-0.1, -0.05) is 29.8 Å². The van der Waals surface area contributed by atoms with Crippen molar-refractivity contribution in [1.82, 2.24) is 0 Å². The van der Waals surface area contributed by atoms with Crippen LogP contribution >= 0.6 is 11.6 Å². The molecule has 4 rings (SSSR count). The highest BCUT2D eigenvalue weighted by molar-refractivity contribution is 6.51. The summed E-state index contributed by atoms with van der Waals surface area (Å²) < 4.78 is 0.960. The molecular weight excluding hydrogens is 286 g/mol. The van der Waals surface area contributed by atoms with Crippen molar-refractivity contribution < 1.29 is 4.74 Å². The van der Waals surface area contributed by atoms with Gasteiger partial charge in [-0.25, -0.2) is 0 Å². The van der Waals surface area contributed by atoms with Gasteiger partial charge in [0.25, 0.3) is 5.71 Å². The molecule has 5 heteroatoms. The van der Waals surface area contributed by atoms with E-state index in [1.54, 1.807) is 12.1 Å². The van der Waals surface area contributed by atoms with Crippen molar-refractivity contribution >= 4 is 34.5 Å². The molecule has 2 aromatic rings. The standard InChI is InChI=1S/C16H12ClN3O/c17-12-6-7-13-14(10-12)19-9-8-18-16(19)15(20(13)21)11-4-2-1-3-5-11/h1-7,10H,8-9H2. The summed E-state index contributed by atoms with van der Waals surface area (Å²) in [6.45, 7) is 1.46. The van der Waals surface area contributed by atoms with Crippen molar-refractivity contribution in [3.05, 3.63) is 64.3 Å². The van der Waals surface area contributed by atoms with Crippen LogP contribution in [-0.4, -0.2) is 29.4 Å². The van der Waals surface area contributed by atoms with Crippen molar-refractivity contribution in [2.45, 2.75) is 0 Å². The van der Waals surface area contributed by atoms with E-state index in [2.05, 4.69) is 9.89 Å². The summed E-state index contributed by atoms with van der Waals surface area (Å²) >= 11 is 6.07. The van der Waals surface area contributed by atoms with Crippen molar-refractivity contribution in [3.63, 3.8) is 0 Å². The number of nitrogens with zero attached hydrogens (tertiary/aromatic N) is 3. The Bertz CT molecular complexity index is 783. The van der Waals surface area contributed by atoms with E-state index in [4.69, 9.17) is 11.6 Å². The molecule has 2 aromatic carbocycles. The Morgan fingerprint density at radius 2 is 1.95 bits per heavy atom. The van der Waals surface area contributed by atoms with Crippen LogP contribution < -0.4 is 4.90 Å². The molecule has 4 nitrogen and oxygen atoms in total. The van der Waals surface area contributed by atoms with Gasteiger partial charge in [0.2, 0.25) is 11.5 Å². The molecule has 0 radical (unpaired) electrons. The number of halogens is 1. The van der Waals surface area contributed by atoms with Crippen LogP contribution in [0.2, 0.25) is 5.02 Å². The van der Waals surface area contributed by atoms with Crippen LogP contribution in [0.3, 0.4) is 0 Å². The molecule has 0 N–H and O–H groups in total. The molecule has 0 bridgehead atoms. The van der Waals surface area contributed by atoms with Gasteiger partial charge in [0.1, 0.15) is 5.69 Å². The second-order valence-electron chi connectivity index (χ2n) is 5.00. The number of fused-ring (bicyclic) bond motifs is 3. The second kappa shape index (κ2) is 4.60. The highest BCUT2D eigenvalue weighted by atomic mass is 35.5. The van der Waals surface area contributed by atoms with Gasteiger partial charge in [0.15, 0.2) is 0 Å². The lowest BCUT2D eigenvalue weighted by Crippen LogP contribution is -2.41. The van der Waals surface area contributed by atoms with E-state index in [0.717, 1.165) is 28.4 Å². The van der Waals surface area contributed by atoms with Crippen LogP contribution in [0.5, 0.6) is 0 Å². The summed E-state index contributed by atoms with van der Waals surface area (Å²) in [5.74, 6) is 0.728. The number of benzene rings is 2. The molecule has 0 spiro atoms. The van der Waals surface area contributed by atoms with Gasteiger partial charge in [0.05, 0.1) is 12.1 Å². The van der Waals surface area contributed by atoms with E-state index < -0.39 is 0 Å². The highest BCUT2D eigenvalue weighted by Crippen LogP contribution is 2.36. The Kier molecular flexibility index (Phi) is 2.72. The zero-order valence-corrected chi connectivity index (χ0v) is 11.9. The zero-order chi connectivity index (χ0) is 14.4. The molecule has 21 heavy (non-hydrogen) atoms. The molecule has 0 atom stereocenters. The third-order valence-corrected chi connectivity index (χ3v) is 3.99. The highest BCUT2D eigenvalue weighted by Gasteiger charge is 2.37. The number of anilines is 1. The Labute approximate surface area is 127 Å². The molecule has 2 aliphatic heterocycles. The van der Waals surface area contributed by atoms with Gasteiger partial charge in [-0.3, -0.25) is 4.99 Å². The Morgan fingerprint density at radius 3 is 2.76 bits per heavy atom. The molecule has 0 fully saturated rings. The summed E-state index contributed by atoms with van der Waals surface area (Å²) in [6, 6.07) is 15.0. The number of hydrogen-bond donors (Lipinski definition) is 0. The predicted octanol–water partition coefficient (Wildman–Crippen LogP) is 3.20. The van der Waals surface area contributed by atoms with Crippen LogP contribution in [-0.2, 0) is 0 Å². The summed E-state index contributed by atoms with van der Waals surface area (Å²) in [4.78, 5) is 6.58. The quantitative estimate of drug-likeness (QED) is 0.599. The van der Waals surface area contributed by atoms with Gasteiger partial charge in [-0.15, -0.1) is 0 Å². The van der Waals surface area contributed by atoms with Gasteiger partial charge >= 0.3 is 0 Å². The van der Waals surface area contributed by atoms with E-state index >= 15 is 0 Å². The smallest absolute Gasteiger partial charge is 0.267 e. The number of hydrogen-bond acceptors (Lipinski definition) is 3. The largest absolute Gasteiger partial charge is 0.618 e. The third kappa shape index (κ3) is 1.83. The summed E-state index contributed by atoms with van der Waals surface area (Å²) in [5.41, 5.74) is 2.91. The lowest BCUT2D eigenvalue weighted by Gasteiger charge is -2.27. The van der Waals surface area contributed by atoms with E-state index in [1.165, 1.54) is 0 Å². The van der Waals surface area contributed by atoms with Crippen LogP contribution in [0.1, 0.15) is 5.56 Å². The maximum Gasteiger partial charge on any atom is 0.267 e. The fourth-order valence-corrected chi connectivity index (χ4v) is 2.99. The Balaban J connectivity index is 2.00. The van der Waals surface area contributed by atoms with Crippen molar-refractivity contribution in [3.8, 4) is 0 Å². The molecule has 104 valence electrons. The minimum Gasteiger partial charge on any atom is -0.618 e.